The number of hydrogen-bond acceptors (Lipinski definition) is 6. The minimum Gasteiger partial charge on any atom is -0.318 e. The van der Waals surface area contributed by atoms with E-state index in [1.807, 2.05) is 14.1 Å². The molecule has 1 heterocycles. The lowest BCUT2D eigenvalue weighted by molar-refractivity contribution is 0.343. The molecule has 0 saturated heterocycles. The summed E-state index contributed by atoms with van der Waals surface area (Å²) in [6.45, 7) is 2.56. The lowest BCUT2D eigenvalue weighted by Gasteiger charge is -2.44. The van der Waals surface area contributed by atoms with Crippen molar-refractivity contribution >= 4 is 52.8 Å². The zero-order chi connectivity index (χ0) is 19.6. The molecule has 0 aliphatic carbocycles. The third-order valence-electron chi connectivity index (χ3n) is 4.47. The second-order valence-corrected chi connectivity index (χ2v) is 8.16. The van der Waals surface area contributed by atoms with Gasteiger partial charge in [0.15, 0.2) is 5.82 Å². The lowest BCUT2D eigenvalue weighted by Crippen LogP contribution is -2.38. The highest BCUT2D eigenvalue weighted by Crippen LogP contribution is 2.64. The summed E-state index contributed by atoms with van der Waals surface area (Å²) in [7, 11) is 0.289. The molecular weight excluding hydrogens is 445 g/mol. The Kier molecular flexibility index (Phi) is 9.42. The number of likely N-dealkylation sites (N-methyl/N-ethyl adjacent to an activating group) is 2. The van der Waals surface area contributed by atoms with E-state index in [9.17, 15) is 17.9 Å². The minimum atomic E-state index is -3.53. The van der Waals surface area contributed by atoms with Crippen LogP contribution in [-0.2, 0) is 0 Å². The highest BCUT2D eigenvalue weighted by molar-refractivity contribution is 8.27. The van der Waals surface area contributed by atoms with E-state index in [-0.39, 0.29) is 30.5 Å². The topological polar surface area (TPSA) is 62.2 Å². The highest BCUT2D eigenvalue weighted by atomic mass is 35.5. The summed E-state index contributed by atoms with van der Waals surface area (Å²) in [6, 6.07) is 10.0. The largest absolute Gasteiger partial charge is 0.318 e. The van der Waals surface area contributed by atoms with Gasteiger partial charge < -0.3 is 10.2 Å². The Morgan fingerprint density at radius 3 is 2.28 bits per heavy atom. The van der Waals surface area contributed by atoms with Crippen molar-refractivity contribution in [1.82, 2.24) is 10.2 Å². The highest BCUT2D eigenvalue weighted by Gasteiger charge is 2.42. The van der Waals surface area contributed by atoms with Gasteiger partial charge in [0, 0.05) is 25.7 Å². The first-order valence-electron chi connectivity index (χ1n) is 8.59. The van der Waals surface area contributed by atoms with Crippen LogP contribution in [0.5, 0.6) is 0 Å². The SMILES string of the molecule is CNCCN(C)CCN1c2ccccc2N(c2ccc(F)cc2F)S1(O)O.Cl.Cl. The smallest absolute Gasteiger partial charge is 0.151 e. The number of hydrogen-bond donors (Lipinski definition) is 3. The van der Waals surface area contributed by atoms with E-state index in [1.165, 1.54) is 10.4 Å². The van der Waals surface area contributed by atoms with Gasteiger partial charge in [0.2, 0.25) is 0 Å². The predicted molar refractivity (Wildman–Crippen MR) is 121 cm³/mol. The molecule has 0 unspecified atom stereocenters. The van der Waals surface area contributed by atoms with Crippen molar-refractivity contribution in [2.24, 2.45) is 0 Å². The number of fused-ring (bicyclic) bond motifs is 1. The Morgan fingerprint density at radius 1 is 1.00 bits per heavy atom. The Bertz CT molecular complexity index is 819. The molecule has 0 amide bonds. The van der Waals surface area contributed by atoms with Crippen LogP contribution in [0.2, 0.25) is 0 Å². The number of halogens is 4. The summed E-state index contributed by atoms with van der Waals surface area (Å²) >= 11 is 0. The summed E-state index contributed by atoms with van der Waals surface area (Å²) in [5.41, 5.74) is 0.999. The molecule has 164 valence electrons. The Balaban J connectivity index is 0.00000210. The molecule has 0 saturated carbocycles. The molecule has 1 aliphatic rings. The molecule has 29 heavy (non-hydrogen) atoms. The Hall–Kier alpha value is -1.33. The summed E-state index contributed by atoms with van der Waals surface area (Å²) in [5, 5.41) is 3.07. The van der Waals surface area contributed by atoms with Gasteiger partial charge in [-0.1, -0.05) is 12.1 Å². The maximum atomic E-state index is 14.4. The zero-order valence-electron chi connectivity index (χ0n) is 16.1. The van der Waals surface area contributed by atoms with Crippen molar-refractivity contribution in [2.75, 3.05) is 48.9 Å². The summed E-state index contributed by atoms with van der Waals surface area (Å²) in [4.78, 5) is 2.07. The molecule has 2 aromatic carbocycles. The number of para-hydroxylation sites is 2. The molecule has 1 aliphatic heterocycles. The van der Waals surface area contributed by atoms with Gasteiger partial charge in [0.1, 0.15) is 11.5 Å². The van der Waals surface area contributed by atoms with Crippen LogP contribution >= 0.6 is 35.8 Å². The van der Waals surface area contributed by atoms with Gasteiger partial charge in [-0.15, -0.1) is 24.8 Å². The number of benzene rings is 2. The molecule has 0 atom stereocenters. The fourth-order valence-electron chi connectivity index (χ4n) is 3.04. The van der Waals surface area contributed by atoms with Crippen molar-refractivity contribution in [3.05, 3.63) is 54.1 Å². The molecule has 0 bridgehead atoms. The van der Waals surface area contributed by atoms with Crippen molar-refractivity contribution in [1.29, 1.82) is 0 Å². The van der Waals surface area contributed by atoms with Crippen LogP contribution < -0.4 is 13.9 Å². The molecule has 0 radical (unpaired) electrons. The predicted octanol–water partition coefficient (Wildman–Crippen LogP) is 4.50. The van der Waals surface area contributed by atoms with Crippen LogP contribution in [0.3, 0.4) is 0 Å². The molecule has 2 aromatic rings. The third kappa shape index (κ3) is 5.24. The van der Waals surface area contributed by atoms with E-state index < -0.39 is 22.6 Å². The van der Waals surface area contributed by atoms with Gasteiger partial charge >= 0.3 is 0 Å². The number of anilines is 3. The fraction of sp³-hybridized carbons (Fsp3) is 0.333. The summed E-state index contributed by atoms with van der Waals surface area (Å²) in [5.74, 6) is -1.57. The van der Waals surface area contributed by atoms with Crippen molar-refractivity contribution < 1.29 is 17.9 Å². The van der Waals surface area contributed by atoms with Gasteiger partial charge in [0.05, 0.1) is 17.9 Å². The van der Waals surface area contributed by atoms with E-state index in [0.717, 1.165) is 29.5 Å². The normalized spacial score (nSPS) is 15.6. The molecule has 3 N–H and O–H groups in total. The monoisotopic (exact) mass is 470 g/mol. The average molecular weight is 471 g/mol. The molecule has 0 spiro atoms. The lowest BCUT2D eigenvalue weighted by atomic mass is 10.2. The van der Waals surface area contributed by atoms with Crippen LogP contribution in [0, 0.1) is 11.6 Å². The van der Waals surface area contributed by atoms with E-state index in [2.05, 4.69) is 10.2 Å². The second kappa shape index (κ2) is 10.6. The standard InChI is InChI=1S/C18H24F2N4O2S.2ClH/c1-21-9-10-22(2)11-12-23-17-5-3-4-6-18(17)24(27(23,25)26)16-8-7-14(19)13-15(16)20;;/h3-8,13,21,25-26H,9-12H2,1-2H3;2*1H. The quantitative estimate of drug-likeness (QED) is 0.553. The van der Waals surface area contributed by atoms with Crippen molar-refractivity contribution in [3.63, 3.8) is 0 Å². The summed E-state index contributed by atoms with van der Waals surface area (Å²) in [6.07, 6.45) is 0. The number of nitrogens with one attached hydrogen (secondary N) is 1. The van der Waals surface area contributed by atoms with Gasteiger partial charge in [-0.05, 0) is 49.3 Å². The number of rotatable bonds is 7. The molecule has 0 fully saturated rings. The van der Waals surface area contributed by atoms with E-state index in [4.69, 9.17) is 0 Å². The van der Waals surface area contributed by atoms with Gasteiger partial charge in [-0.3, -0.25) is 13.4 Å². The molecule has 11 heteroatoms. The maximum Gasteiger partial charge on any atom is 0.151 e. The van der Waals surface area contributed by atoms with Crippen molar-refractivity contribution in [3.8, 4) is 0 Å². The Morgan fingerprint density at radius 2 is 1.66 bits per heavy atom. The van der Waals surface area contributed by atoms with Crippen LogP contribution in [0.4, 0.5) is 25.8 Å². The Labute approximate surface area is 183 Å². The minimum absolute atomic E-state index is 0. The van der Waals surface area contributed by atoms with E-state index in [1.54, 1.807) is 24.3 Å². The van der Waals surface area contributed by atoms with E-state index in [0.29, 0.717) is 24.5 Å². The molecular formula is C18H26Cl2F2N4O2S. The molecule has 6 nitrogen and oxygen atoms in total. The third-order valence-corrected chi connectivity index (χ3v) is 6.32. The van der Waals surface area contributed by atoms with Gasteiger partial charge in [-0.25, -0.2) is 13.1 Å². The maximum absolute atomic E-state index is 14.4. The first-order chi connectivity index (χ1) is 12.9. The van der Waals surface area contributed by atoms with Crippen LogP contribution in [-0.4, -0.2) is 54.3 Å². The zero-order valence-corrected chi connectivity index (χ0v) is 18.5. The van der Waals surface area contributed by atoms with Crippen LogP contribution in [0.1, 0.15) is 0 Å². The molecule has 0 aromatic heterocycles. The van der Waals surface area contributed by atoms with Crippen LogP contribution in [0.25, 0.3) is 0 Å². The van der Waals surface area contributed by atoms with Crippen molar-refractivity contribution in [2.45, 2.75) is 0 Å². The average Bonchev–Trinajstić information content (AvgIpc) is 2.85. The van der Waals surface area contributed by atoms with Gasteiger partial charge in [-0.2, -0.15) is 0 Å². The van der Waals surface area contributed by atoms with Crippen LogP contribution in [0.15, 0.2) is 42.5 Å². The van der Waals surface area contributed by atoms with Gasteiger partial charge in [0.25, 0.3) is 0 Å². The van der Waals surface area contributed by atoms with E-state index >= 15 is 0 Å². The summed E-state index contributed by atoms with van der Waals surface area (Å²) < 4.78 is 52.3. The fourth-order valence-corrected chi connectivity index (χ4v) is 4.81. The first kappa shape index (κ1) is 25.7. The number of nitrogens with zero attached hydrogens (tertiary/aromatic N) is 3. The first-order valence-corrected chi connectivity index (χ1v) is 10.1. The molecule has 3 rings (SSSR count). The second-order valence-electron chi connectivity index (χ2n) is 6.38.